The van der Waals surface area contributed by atoms with E-state index in [-0.39, 0.29) is 12.3 Å². The number of aromatic hydroxyl groups is 1. The summed E-state index contributed by atoms with van der Waals surface area (Å²) < 4.78 is 5.30. The van der Waals surface area contributed by atoms with Crippen molar-refractivity contribution < 1.29 is 9.52 Å². The fraction of sp³-hybridized carbons (Fsp3) is 0.100. The van der Waals surface area contributed by atoms with Gasteiger partial charge in [0.05, 0.1) is 18.3 Å². The normalized spacial score (nSPS) is 10.4. The fourth-order valence-corrected chi connectivity index (χ4v) is 1.21. The van der Waals surface area contributed by atoms with E-state index in [0.717, 1.165) is 0 Å². The third-order valence-corrected chi connectivity index (χ3v) is 1.90. The minimum Gasteiger partial charge on any atom is -0.507 e. The van der Waals surface area contributed by atoms with E-state index >= 15 is 0 Å². The standard InChI is InChI=1S/C10H10N2O2/c11-5-10-12-6-9(14-10)7-3-1-2-4-8(7)13/h1-4,6,13H,5,11H2. The van der Waals surface area contributed by atoms with Gasteiger partial charge < -0.3 is 15.3 Å². The monoisotopic (exact) mass is 190 g/mol. The number of nitrogens with zero attached hydrogens (tertiary/aromatic N) is 1. The van der Waals surface area contributed by atoms with E-state index in [9.17, 15) is 5.11 Å². The van der Waals surface area contributed by atoms with Gasteiger partial charge in [0.15, 0.2) is 5.76 Å². The molecule has 0 fully saturated rings. The molecule has 0 unspecified atom stereocenters. The predicted octanol–water partition coefficient (Wildman–Crippen LogP) is 1.51. The molecule has 0 amide bonds. The van der Waals surface area contributed by atoms with E-state index in [1.165, 1.54) is 0 Å². The molecule has 2 rings (SSSR count). The van der Waals surface area contributed by atoms with Gasteiger partial charge in [-0.2, -0.15) is 0 Å². The van der Waals surface area contributed by atoms with Gasteiger partial charge in [-0.3, -0.25) is 0 Å². The van der Waals surface area contributed by atoms with E-state index < -0.39 is 0 Å². The Bertz CT molecular complexity index is 437. The maximum atomic E-state index is 9.53. The molecule has 1 aromatic carbocycles. The third-order valence-electron chi connectivity index (χ3n) is 1.90. The molecule has 0 atom stereocenters. The summed E-state index contributed by atoms with van der Waals surface area (Å²) in [5.41, 5.74) is 5.99. The first kappa shape index (κ1) is 8.77. The summed E-state index contributed by atoms with van der Waals surface area (Å²) >= 11 is 0. The maximum Gasteiger partial charge on any atom is 0.208 e. The lowest BCUT2D eigenvalue weighted by molar-refractivity contribution is 0.469. The number of benzene rings is 1. The van der Waals surface area contributed by atoms with Crippen molar-refractivity contribution in [2.24, 2.45) is 5.73 Å². The van der Waals surface area contributed by atoms with Crippen molar-refractivity contribution in [3.05, 3.63) is 36.4 Å². The molecule has 4 nitrogen and oxygen atoms in total. The van der Waals surface area contributed by atoms with Crippen LogP contribution >= 0.6 is 0 Å². The van der Waals surface area contributed by atoms with E-state index in [2.05, 4.69) is 4.98 Å². The van der Waals surface area contributed by atoms with Gasteiger partial charge in [-0.25, -0.2) is 4.98 Å². The zero-order valence-corrected chi connectivity index (χ0v) is 7.47. The lowest BCUT2D eigenvalue weighted by Gasteiger charge is -1.98. The Labute approximate surface area is 81.0 Å². The average Bonchev–Trinajstić information content (AvgIpc) is 2.67. The second-order valence-corrected chi connectivity index (χ2v) is 2.84. The number of rotatable bonds is 2. The van der Waals surface area contributed by atoms with Gasteiger partial charge in [-0.1, -0.05) is 12.1 Å². The van der Waals surface area contributed by atoms with Crippen molar-refractivity contribution in [3.8, 4) is 17.1 Å². The van der Waals surface area contributed by atoms with Crippen LogP contribution < -0.4 is 5.73 Å². The van der Waals surface area contributed by atoms with Crippen LogP contribution in [0.3, 0.4) is 0 Å². The van der Waals surface area contributed by atoms with E-state index in [1.807, 2.05) is 6.07 Å². The van der Waals surface area contributed by atoms with Crippen molar-refractivity contribution in [1.82, 2.24) is 4.98 Å². The number of nitrogens with two attached hydrogens (primary N) is 1. The number of oxazole rings is 1. The van der Waals surface area contributed by atoms with Crippen molar-refractivity contribution in [3.63, 3.8) is 0 Å². The van der Waals surface area contributed by atoms with E-state index in [0.29, 0.717) is 17.2 Å². The van der Waals surface area contributed by atoms with Crippen LogP contribution in [0.25, 0.3) is 11.3 Å². The van der Waals surface area contributed by atoms with Crippen molar-refractivity contribution in [2.45, 2.75) is 6.54 Å². The molecule has 0 aliphatic heterocycles. The molecule has 1 aromatic heterocycles. The molecule has 0 aliphatic rings. The maximum absolute atomic E-state index is 9.53. The molecule has 14 heavy (non-hydrogen) atoms. The first-order chi connectivity index (χ1) is 6.81. The fourth-order valence-electron chi connectivity index (χ4n) is 1.21. The van der Waals surface area contributed by atoms with E-state index in [4.69, 9.17) is 10.2 Å². The molecular weight excluding hydrogens is 180 g/mol. The summed E-state index contributed by atoms with van der Waals surface area (Å²) in [7, 11) is 0. The molecule has 4 heteroatoms. The second-order valence-electron chi connectivity index (χ2n) is 2.84. The highest BCUT2D eigenvalue weighted by Crippen LogP contribution is 2.28. The molecular formula is C10H10N2O2. The van der Waals surface area contributed by atoms with Crippen LogP contribution in [0.15, 0.2) is 34.9 Å². The van der Waals surface area contributed by atoms with Crippen LogP contribution in [0.2, 0.25) is 0 Å². The number of hydrogen-bond acceptors (Lipinski definition) is 4. The van der Waals surface area contributed by atoms with Crippen LogP contribution in [-0.2, 0) is 6.54 Å². The van der Waals surface area contributed by atoms with Crippen molar-refractivity contribution in [2.75, 3.05) is 0 Å². The number of phenols is 1. The molecule has 0 spiro atoms. The van der Waals surface area contributed by atoms with Crippen molar-refractivity contribution in [1.29, 1.82) is 0 Å². The summed E-state index contributed by atoms with van der Waals surface area (Å²) in [6.45, 7) is 0.258. The third kappa shape index (κ3) is 1.47. The molecule has 0 radical (unpaired) electrons. The summed E-state index contributed by atoms with van der Waals surface area (Å²) in [4.78, 5) is 3.95. The highest BCUT2D eigenvalue weighted by atomic mass is 16.4. The lowest BCUT2D eigenvalue weighted by atomic mass is 10.2. The van der Waals surface area contributed by atoms with Crippen LogP contribution in [-0.4, -0.2) is 10.1 Å². The van der Waals surface area contributed by atoms with Crippen LogP contribution in [0.4, 0.5) is 0 Å². The zero-order chi connectivity index (χ0) is 9.97. The minimum atomic E-state index is 0.173. The van der Waals surface area contributed by atoms with Crippen LogP contribution in [0.1, 0.15) is 5.89 Å². The van der Waals surface area contributed by atoms with Gasteiger partial charge in [0.25, 0.3) is 0 Å². The van der Waals surface area contributed by atoms with E-state index in [1.54, 1.807) is 24.4 Å². The Morgan fingerprint density at radius 2 is 2.14 bits per heavy atom. The van der Waals surface area contributed by atoms with Crippen molar-refractivity contribution >= 4 is 0 Å². The SMILES string of the molecule is NCc1ncc(-c2ccccc2O)o1. The number of para-hydroxylation sites is 1. The molecule has 2 aromatic rings. The summed E-state index contributed by atoms with van der Waals surface area (Å²) in [5.74, 6) is 1.17. The van der Waals surface area contributed by atoms with Gasteiger partial charge >= 0.3 is 0 Å². The summed E-state index contributed by atoms with van der Waals surface area (Å²) in [6, 6.07) is 6.93. The number of aromatic nitrogens is 1. The average molecular weight is 190 g/mol. The Kier molecular flexibility index (Phi) is 2.20. The highest BCUT2D eigenvalue weighted by molar-refractivity contribution is 5.64. The van der Waals surface area contributed by atoms with Gasteiger partial charge in [-0.15, -0.1) is 0 Å². The predicted molar refractivity (Wildman–Crippen MR) is 51.5 cm³/mol. The van der Waals surface area contributed by atoms with Crippen LogP contribution in [0, 0.1) is 0 Å². The largest absolute Gasteiger partial charge is 0.507 e. The number of hydrogen-bond donors (Lipinski definition) is 2. The minimum absolute atomic E-state index is 0.173. The molecule has 1 heterocycles. The molecule has 3 N–H and O–H groups in total. The molecule has 72 valence electrons. The van der Waals surface area contributed by atoms with Gasteiger partial charge in [0, 0.05) is 0 Å². The lowest BCUT2D eigenvalue weighted by Crippen LogP contribution is -1.94. The van der Waals surface area contributed by atoms with Gasteiger partial charge in [0.1, 0.15) is 5.75 Å². The summed E-state index contributed by atoms with van der Waals surface area (Å²) in [5, 5.41) is 9.53. The summed E-state index contributed by atoms with van der Waals surface area (Å²) in [6.07, 6.45) is 1.55. The Hall–Kier alpha value is -1.81. The Balaban J connectivity index is 2.44. The smallest absolute Gasteiger partial charge is 0.208 e. The first-order valence-corrected chi connectivity index (χ1v) is 4.24. The number of phenolic OH excluding ortho intramolecular Hbond substituents is 1. The Morgan fingerprint density at radius 3 is 2.79 bits per heavy atom. The second kappa shape index (κ2) is 3.51. The molecule has 0 saturated carbocycles. The molecule has 0 bridgehead atoms. The zero-order valence-electron chi connectivity index (χ0n) is 7.47. The highest BCUT2D eigenvalue weighted by Gasteiger charge is 2.08. The first-order valence-electron chi connectivity index (χ1n) is 4.24. The Morgan fingerprint density at radius 1 is 1.36 bits per heavy atom. The van der Waals surface area contributed by atoms with Crippen LogP contribution in [0.5, 0.6) is 5.75 Å². The molecule has 0 aliphatic carbocycles. The van der Waals surface area contributed by atoms with Gasteiger partial charge in [-0.05, 0) is 12.1 Å². The molecule has 0 saturated heterocycles. The topological polar surface area (TPSA) is 72.3 Å². The van der Waals surface area contributed by atoms with Gasteiger partial charge in [0.2, 0.25) is 5.89 Å². The quantitative estimate of drug-likeness (QED) is 0.752.